The smallest absolute Gasteiger partial charge is 0.211 e. The van der Waals surface area contributed by atoms with E-state index >= 15 is 0 Å². The van der Waals surface area contributed by atoms with Crippen molar-refractivity contribution in [3.63, 3.8) is 0 Å². The first-order chi connectivity index (χ1) is 11.9. The van der Waals surface area contributed by atoms with E-state index in [2.05, 4.69) is 38.8 Å². The molecule has 0 aliphatic carbocycles. The molecule has 25 heavy (non-hydrogen) atoms. The normalized spacial score (nSPS) is 17.4. The number of rotatable bonds is 9. The van der Waals surface area contributed by atoms with Crippen LogP contribution >= 0.6 is 0 Å². The average molecular weight is 370 g/mol. The lowest BCUT2D eigenvalue weighted by molar-refractivity contribution is 0.0172. The van der Waals surface area contributed by atoms with Crippen LogP contribution in [0.4, 0.5) is 5.69 Å². The Morgan fingerprint density at radius 2 is 1.84 bits per heavy atom. The number of ether oxygens (including phenoxy) is 1. The summed E-state index contributed by atoms with van der Waals surface area (Å²) in [5.74, 6) is 0.193. The van der Waals surface area contributed by atoms with Gasteiger partial charge in [-0.2, -0.15) is 0 Å². The number of hydrogen-bond acceptors (Lipinski definition) is 5. The van der Waals surface area contributed by atoms with Crippen LogP contribution in [0.3, 0.4) is 0 Å². The Morgan fingerprint density at radius 1 is 1.20 bits per heavy atom. The zero-order valence-corrected chi connectivity index (χ0v) is 16.4. The van der Waals surface area contributed by atoms with Crippen molar-refractivity contribution in [1.29, 1.82) is 0 Å². The minimum atomic E-state index is -3.22. The predicted molar refractivity (Wildman–Crippen MR) is 103 cm³/mol. The Morgan fingerprint density at radius 3 is 2.40 bits per heavy atom. The van der Waals surface area contributed by atoms with Crippen LogP contribution < -0.4 is 9.62 Å². The van der Waals surface area contributed by atoms with E-state index in [9.17, 15) is 8.42 Å². The molecule has 1 N–H and O–H groups in total. The van der Waals surface area contributed by atoms with Gasteiger partial charge in [0.15, 0.2) is 0 Å². The zero-order valence-electron chi connectivity index (χ0n) is 15.6. The molecule has 1 saturated heterocycles. The van der Waals surface area contributed by atoms with Crippen LogP contribution in [0.2, 0.25) is 0 Å². The van der Waals surface area contributed by atoms with Gasteiger partial charge in [-0.3, -0.25) is 4.90 Å². The number of sulfonamides is 1. The van der Waals surface area contributed by atoms with E-state index in [1.54, 1.807) is 0 Å². The molecule has 0 aromatic heterocycles. The van der Waals surface area contributed by atoms with E-state index in [1.807, 2.05) is 21.0 Å². The first-order valence-corrected chi connectivity index (χ1v) is 10.6. The molecule has 2 rings (SSSR count). The third-order valence-corrected chi connectivity index (χ3v) is 5.98. The highest BCUT2D eigenvalue weighted by atomic mass is 32.2. The van der Waals surface area contributed by atoms with Crippen LogP contribution in [0.1, 0.15) is 31.4 Å². The molecule has 0 bridgehead atoms. The van der Waals surface area contributed by atoms with Gasteiger partial charge < -0.3 is 9.64 Å². The van der Waals surface area contributed by atoms with Crippen molar-refractivity contribution in [2.24, 2.45) is 0 Å². The minimum Gasteiger partial charge on any atom is -0.379 e. The third-order valence-electron chi connectivity index (χ3n) is 4.54. The standard InChI is InChI=1S/C18H31N3O3S/c1-4-5-14-25(22,23)19-15-18(21-10-12-24-13-11-21)16-6-8-17(9-7-16)20(2)3/h6-9,18-19H,4-5,10-15H2,1-3H3. The van der Waals surface area contributed by atoms with Gasteiger partial charge in [-0.25, -0.2) is 13.1 Å². The molecular weight excluding hydrogens is 338 g/mol. The van der Waals surface area contributed by atoms with Gasteiger partial charge in [0.05, 0.1) is 19.0 Å². The zero-order chi connectivity index (χ0) is 18.3. The van der Waals surface area contributed by atoms with Crippen LogP contribution in [0.5, 0.6) is 0 Å². The number of nitrogens with zero attached hydrogens (tertiary/aromatic N) is 2. The van der Waals surface area contributed by atoms with E-state index in [-0.39, 0.29) is 11.8 Å². The topological polar surface area (TPSA) is 61.9 Å². The van der Waals surface area contributed by atoms with Crippen LogP contribution in [-0.4, -0.2) is 66.0 Å². The summed E-state index contributed by atoms with van der Waals surface area (Å²) >= 11 is 0. The number of unbranched alkanes of at least 4 members (excludes halogenated alkanes) is 1. The van der Waals surface area contributed by atoms with E-state index in [0.717, 1.165) is 30.8 Å². The van der Waals surface area contributed by atoms with E-state index in [1.165, 1.54) is 0 Å². The number of hydrogen-bond donors (Lipinski definition) is 1. The molecule has 1 unspecified atom stereocenters. The Kier molecular flexibility index (Phi) is 7.68. The quantitative estimate of drug-likeness (QED) is 0.720. The summed E-state index contributed by atoms with van der Waals surface area (Å²) in [6.45, 7) is 5.41. The second-order valence-electron chi connectivity index (χ2n) is 6.67. The SMILES string of the molecule is CCCCS(=O)(=O)NCC(c1ccc(N(C)C)cc1)N1CCOCC1. The second kappa shape index (κ2) is 9.52. The maximum atomic E-state index is 12.2. The summed E-state index contributed by atoms with van der Waals surface area (Å²) in [4.78, 5) is 4.36. The molecule has 1 aliphatic rings. The number of anilines is 1. The molecule has 1 aromatic rings. The van der Waals surface area contributed by atoms with Gasteiger partial charge >= 0.3 is 0 Å². The molecule has 1 fully saturated rings. The summed E-state index contributed by atoms with van der Waals surface area (Å²) < 4.78 is 32.6. The highest BCUT2D eigenvalue weighted by molar-refractivity contribution is 7.89. The minimum absolute atomic E-state index is 0.0245. The first-order valence-electron chi connectivity index (χ1n) is 8.99. The van der Waals surface area contributed by atoms with Crippen molar-refractivity contribution >= 4 is 15.7 Å². The molecular formula is C18H31N3O3S. The summed E-state index contributed by atoms with van der Waals surface area (Å²) in [6, 6.07) is 8.37. The Labute approximate surface area is 152 Å². The molecule has 0 amide bonds. The van der Waals surface area contributed by atoms with Gasteiger partial charge in [0.2, 0.25) is 10.0 Å². The van der Waals surface area contributed by atoms with Crippen molar-refractivity contribution in [2.45, 2.75) is 25.8 Å². The van der Waals surface area contributed by atoms with Gasteiger partial charge in [-0.1, -0.05) is 25.5 Å². The second-order valence-corrected chi connectivity index (χ2v) is 8.60. The van der Waals surface area contributed by atoms with Crippen LogP contribution in [-0.2, 0) is 14.8 Å². The number of nitrogens with one attached hydrogen (secondary N) is 1. The average Bonchev–Trinajstić information content (AvgIpc) is 2.61. The Bertz CT molecular complexity index is 611. The van der Waals surface area contributed by atoms with Gasteiger partial charge in [-0.15, -0.1) is 0 Å². The molecule has 142 valence electrons. The van der Waals surface area contributed by atoms with E-state index in [4.69, 9.17) is 4.74 Å². The molecule has 1 heterocycles. The van der Waals surface area contributed by atoms with Gasteiger partial charge in [-0.05, 0) is 24.1 Å². The Balaban J connectivity index is 2.12. The summed E-state index contributed by atoms with van der Waals surface area (Å²) in [6.07, 6.45) is 1.56. The largest absolute Gasteiger partial charge is 0.379 e. The van der Waals surface area contributed by atoms with Crippen molar-refractivity contribution in [1.82, 2.24) is 9.62 Å². The third kappa shape index (κ3) is 6.26. The van der Waals surface area contributed by atoms with Gasteiger partial charge in [0.25, 0.3) is 0 Å². The van der Waals surface area contributed by atoms with Gasteiger partial charge in [0.1, 0.15) is 0 Å². The lowest BCUT2D eigenvalue weighted by atomic mass is 10.0. The highest BCUT2D eigenvalue weighted by Gasteiger charge is 2.24. The summed E-state index contributed by atoms with van der Waals surface area (Å²) in [5, 5.41) is 0. The maximum Gasteiger partial charge on any atom is 0.211 e. The fraction of sp³-hybridized carbons (Fsp3) is 0.667. The molecule has 0 saturated carbocycles. The van der Waals surface area contributed by atoms with Crippen molar-refractivity contribution < 1.29 is 13.2 Å². The van der Waals surface area contributed by atoms with Crippen molar-refractivity contribution in [3.05, 3.63) is 29.8 Å². The fourth-order valence-corrected chi connectivity index (χ4v) is 4.18. The lowest BCUT2D eigenvalue weighted by Gasteiger charge is -2.35. The Hall–Kier alpha value is -1.15. The van der Waals surface area contributed by atoms with Gasteiger partial charge in [0, 0.05) is 45.5 Å². The molecule has 1 aliphatic heterocycles. The van der Waals surface area contributed by atoms with Crippen molar-refractivity contribution in [2.75, 3.05) is 57.6 Å². The van der Waals surface area contributed by atoms with Crippen LogP contribution in [0.25, 0.3) is 0 Å². The predicted octanol–water partition coefficient (Wildman–Crippen LogP) is 1.85. The number of benzene rings is 1. The molecule has 7 heteroatoms. The molecule has 6 nitrogen and oxygen atoms in total. The fourth-order valence-electron chi connectivity index (χ4n) is 2.95. The molecule has 0 radical (unpaired) electrons. The molecule has 0 spiro atoms. The van der Waals surface area contributed by atoms with E-state index in [0.29, 0.717) is 26.2 Å². The van der Waals surface area contributed by atoms with Crippen molar-refractivity contribution in [3.8, 4) is 0 Å². The van der Waals surface area contributed by atoms with Crippen LogP contribution in [0.15, 0.2) is 24.3 Å². The molecule has 1 atom stereocenters. The summed E-state index contributed by atoms with van der Waals surface area (Å²) in [7, 11) is 0.797. The lowest BCUT2D eigenvalue weighted by Crippen LogP contribution is -2.44. The highest BCUT2D eigenvalue weighted by Crippen LogP contribution is 2.24. The number of morpholine rings is 1. The van der Waals surface area contributed by atoms with E-state index < -0.39 is 10.0 Å². The monoisotopic (exact) mass is 369 g/mol. The summed E-state index contributed by atoms with van der Waals surface area (Å²) in [5.41, 5.74) is 2.26. The van der Waals surface area contributed by atoms with Crippen LogP contribution in [0, 0.1) is 0 Å². The maximum absolute atomic E-state index is 12.2. The molecule has 1 aromatic carbocycles. The first kappa shape index (κ1) is 20.2.